The summed E-state index contributed by atoms with van der Waals surface area (Å²) in [5.41, 5.74) is 0. The second-order valence-electron chi connectivity index (χ2n) is 3.02. The first-order valence-corrected chi connectivity index (χ1v) is 5.06. The highest BCUT2D eigenvalue weighted by Crippen LogP contribution is 1.95. The average Bonchev–Trinajstić information content (AvgIpc) is 2.58. The van der Waals surface area contributed by atoms with Crippen molar-refractivity contribution in [1.29, 1.82) is 0 Å². The summed E-state index contributed by atoms with van der Waals surface area (Å²) in [4.78, 5) is 15.3. The summed E-state index contributed by atoms with van der Waals surface area (Å²) in [5.74, 6) is 1.40. The van der Waals surface area contributed by atoms with E-state index in [1.54, 1.807) is 6.20 Å². The van der Waals surface area contributed by atoms with Crippen LogP contribution in [0.15, 0.2) is 12.4 Å². The minimum absolute atomic E-state index is 0.0219. The highest BCUT2D eigenvalue weighted by Gasteiger charge is 2.02. The van der Waals surface area contributed by atoms with E-state index >= 15 is 0 Å². The van der Waals surface area contributed by atoms with Crippen LogP contribution in [0.25, 0.3) is 0 Å². The smallest absolute Gasteiger partial charge is 0.220 e. The van der Waals surface area contributed by atoms with Crippen LogP contribution in [0.4, 0.5) is 0 Å². The summed E-state index contributed by atoms with van der Waals surface area (Å²) in [6.07, 6.45) is 4.75. The maximum Gasteiger partial charge on any atom is 0.220 e. The monoisotopic (exact) mass is 215 g/mol. The van der Waals surface area contributed by atoms with Crippen LogP contribution in [-0.4, -0.2) is 21.3 Å². The van der Waals surface area contributed by atoms with Gasteiger partial charge in [-0.05, 0) is 6.42 Å². The van der Waals surface area contributed by atoms with Gasteiger partial charge in [0, 0.05) is 31.7 Å². The molecule has 0 aliphatic carbocycles. The lowest BCUT2D eigenvalue weighted by Gasteiger charge is -2.04. The lowest BCUT2D eigenvalue weighted by atomic mass is 10.3. The molecule has 1 heterocycles. The lowest BCUT2D eigenvalue weighted by molar-refractivity contribution is -0.121. The number of carbonyl (C=O) groups is 1. The molecule has 1 amide bonds. The van der Waals surface area contributed by atoms with Gasteiger partial charge in [-0.15, -0.1) is 11.6 Å². The van der Waals surface area contributed by atoms with E-state index in [9.17, 15) is 4.79 Å². The van der Waals surface area contributed by atoms with E-state index in [2.05, 4.69) is 10.3 Å². The van der Waals surface area contributed by atoms with Gasteiger partial charge < -0.3 is 9.88 Å². The fourth-order valence-corrected chi connectivity index (χ4v) is 1.19. The molecule has 0 saturated heterocycles. The van der Waals surface area contributed by atoms with E-state index in [1.165, 1.54) is 0 Å². The Morgan fingerprint density at radius 3 is 3.07 bits per heavy atom. The molecule has 0 aromatic carbocycles. The number of aromatic nitrogens is 2. The Labute approximate surface area is 88.3 Å². The summed E-state index contributed by atoms with van der Waals surface area (Å²) >= 11 is 5.47. The zero-order valence-corrected chi connectivity index (χ0v) is 8.92. The van der Waals surface area contributed by atoms with Crippen molar-refractivity contribution in [2.75, 3.05) is 5.88 Å². The Morgan fingerprint density at radius 1 is 1.71 bits per heavy atom. The van der Waals surface area contributed by atoms with Crippen LogP contribution in [0.2, 0.25) is 0 Å². The fraction of sp³-hybridized carbons (Fsp3) is 0.556. The second kappa shape index (κ2) is 5.65. The molecule has 0 aliphatic heterocycles. The number of rotatable bonds is 5. The Balaban J connectivity index is 2.27. The zero-order chi connectivity index (χ0) is 10.4. The topological polar surface area (TPSA) is 46.9 Å². The molecule has 0 saturated carbocycles. The molecule has 5 heteroatoms. The highest BCUT2D eigenvalue weighted by atomic mass is 35.5. The first-order chi connectivity index (χ1) is 6.74. The van der Waals surface area contributed by atoms with Crippen LogP contribution in [0, 0.1) is 0 Å². The van der Waals surface area contributed by atoms with Crippen LogP contribution < -0.4 is 5.32 Å². The zero-order valence-electron chi connectivity index (χ0n) is 8.16. The van der Waals surface area contributed by atoms with Crippen LogP contribution in [-0.2, 0) is 18.4 Å². The van der Waals surface area contributed by atoms with Gasteiger partial charge >= 0.3 is 0 Å². The number of nitrogens with zero attached hydrogens (tertiary/aromatic N) is 2. The van der Waals surface area contributed by atoms with Crippen molar-refractivity contribution >= 4 is 17.5 Å². The molecule has 0 spiro atoms. The maximum absolute atomic E-state index is 11.2. The van der Waals surface area contributed by atoms with Gasteiger partial charge in [0.1, 0.15) is 5.82 Å². The van der Waals surface area contributed by atoms with Gasteiger partial charge in [-0.1, -0.05) is 0 Å². The van der Waals surface area contributed by atoms with Crippen molar-refractivity contribution in [2.45, 2.75) is 19.4 Å². The van der Waals surface area contributed by atoms with Crippen molar-refractivity contribution in [2.24, 2.45) is 7.05 Å². The second-order valence-corrected chi connectivity index (χ2v) is 3.40. The van der Waals surface area contributed by atoms with Crippen LogP contribution in [0.3, 0.4) is 0 Å². The van der Waals surface area contributed by atoms with Gasteiger partial charge in [0.2, 0.25) is 5.91 Å². The standard InChI is InChI=1S/C9H14ClN3O/c1-13-6-5-11-8(13)7-12-9(14)3-2-4-10/h5-6H,2-4,7H2,1H3,(H,12,14). The number of hydrogen-bond acceptors (Lipinski definition) is 2. The third-order valence-corrected chi connectivity index (χ3v) is 2.17. The Hall–Kier alpha value is -1.03. The largest absolute Gasteiger partial charge is 0.349 e. The highest BCUT2D eigenvalue weighted by molar-refractivity contribution is 6.17. The summed E-state index contributed by atoms with van der Waals surface area (Å²) in [6, 6.07) is 0. The molecule has 0 fully saturated rings. The number of nitrogens with one attached hydrogen (secondary N) is 1. The predicted octanol–water partition coefficient (Wildman–Crippen LogP) is 1.06. The molecular formula is C9H14ClN3O. The molecule has 0 radical (unpaired) electrons. The molecule has 0 unspecified atom stereocenters. The van der Waals surface area contributed by atoms with E-state index in [0.717, 1.165) is 5.82 Å². The van der Waals surface area contributed by atoms with Crippen LogP contribution >= 0.6 is 11.6 Å². The van der Waals surface area contributed by atoms with Crippen LogP contribution in [0.1, 0.15) is 18.7 Å². The van der Waals surface area contributed by atoms with E-state index in [4.69, 9.17) is 11.6 Å². The molecule has 14 heavy (non-hydrogen) atoms. The molecule has 0 atom stereocenters. The lowest BCUT2D eigenvalue weighted by Crippen LogP contribution is -2.24. The SMILES string of the molecule is Cn1ccnc1CNC(=O)CCCCl. The van der Waals surface area contributed by atoms with E-state index in [-0.39, 0.29) is 5.91 Å². The Kier molecular flexibility index (Phi) is 4.46. The number of hydrogen-bond donors (Lipinski definition) is 1. The molecule has 78 valence electrons. The van der Waals surface area contributed by atoms with Gasteiger partial charge in [-0.2, -0.15) is 0 Å². The Bertz CT molecular complexity index is 298. The van der Waals surface area contributed by atoms with E-state index in [1.807, 2.05) is 17.8 Å². The predicted molar refractivity (Wildman–Crippen MR) is 55.0 cm³/mol. The maximum atomic E-state index is 11.2. The van der Waals surface area contributed by atoms with E-state index < -0.39 is 0 Å². The Morgan fingerprint density at radius 2 is 2.50 bits per heavy atom. The number of amides is 1. The number of aryl methyl sites for hydroxylation is 1. The summed E-state index contributed by atoms with van der Waals surface area (Å²) in [5, 5.41) is 2.78. The molecule has 0 aliphatic rings. The molecule has 1 aromatic heterocycles. The number of carbonyl (C=O) groups excluding carboxylic acids is 1. The normalized spacial score (nSPS) is 10.1. The van der Waals surface area contributed by atoms with Crippen molar-refractivity contribution in [3.63, 3.8) is 0 Å². The van der Waals surface area contributed by atoms with Gasteiger partial charge in [0.05, 0.1) is 6.54 Å². The average molecular weight is 216 g/mol. The van der Waals surface area contributed by atoms with Gasteiger partial charge in [0.15, 0.2) is 0 Å². The number of imidazole rings is 1. The van der Waals surface area contributed by atoms with Gasteiger partial charge in [0.25, 0.3) is 0 Å². The number of halogens is 1. The van der Waals surface area contributed by atoms with Crippen molar-refractivity contribution in [3.8, 4) is 0 Å². The summed E-state index contributed by atoms with van der Waals surface area (Å²) in [7, 11) is 1.90. The third-order valence-electron chi connectivity index (χ3n) is 1.90. The molecule has 1 rings (SSSR count). The summed E-state index contributed by atoms with van der Waals surface area (Å²) < 4.78 is 1.88. The first kappa shape index (κ1) is 11.0. The van der Waals surface area contributed by atoms with Crippen molar-refractivity contribution < 1.29 is 4.79 Å². The third kappa shape index (κ3) is 3.38. The fourth-order valence-electron chi connectivity index (χ4n) is 1.06. The molecule has 0 bridgehead atoms. The molecular weight excluding hydrogens is 202 g/mol. The number of alkyl halides is 1. The summed E-state index contributed by atoms with van der Waals surface area (Å²) in [6.45, 7) is 0.477. The molecule has 4 nitrogen and oxygen atoms in total. The molecule has 1 aromatic rings. The first-order valence-electron chi connectivity index (χ1n) is 4.53. The quantitative estimate of drug-likeness (QED) is 0.747. The van der Waals surface area contributed by atoms with Gasteiger partial charge in [-0.25, -0.2) is 4.98 Å². The van der Waals surface area contributed by atoms with Crippen molar-refractivity contribution in [1.82, 2.24) is 14.9 Å². The van der Waals surface area contributed by atoms with Crippen molar-refractivity contribution in [3.05, 3.63) is 18.2 Å². The minimum atomic E-state index is 0.0219. The van der Waals surface area contributed by atoms with Crippen LogP contribution in [0.5, 0.6) is 0 Å². The molecule has 1 N–H and O–H groups in total. The van der Waals surface area contributed by atoms with Gasteiger partial charge in [-0.3, -0.25) is 4.79 Å². The minimum Gasteiger partial charge on any atom is -0.349 e. The van der Waals surface area contributed by atoms with E-state index in [0.29, 0.717) is 25.3 Å².